The van der Waals surface area contributed by atoms with E-state index in [4.69, 9.17) is 22.1 Å². The Balaban J connectivity index is 2.35. The monoisotopic (exact) mass is 255 g/mol. The molecule has 0 saturated heterocycles. The molecule has 3 nitrogen and oxygen atoms in total. The molecule has 0 amide bonds. The van der Waals surface area contributed by atoms with Crippen molar-refractivity contribution in [3.63, 3.8) is 0 Å². The summed E-state index contributed by atoms with van der Waals surface area (Å²) in [5.74, 6) is 0.738. The summed E-state index contributed by atoms with van der Waals surface area (Å²) in [5.41, 5.74) is 6.98. The summed E-state index contributed by atoms with van der Waals surface area (Å²) in [6.45, 7) is 0.115. The van der Waals surface area contributed by atoms with Crippen molar-refractivity contribution in [3.05, 3.63) is 28.8 Å². The van der Waals surface area contributed by atoms with Gasteiger partial charge in [0.2, 0.25) is 0 Å². The van der Waals surface area contributed by atoms with Crippen molar-refractivity contribution in [2.24, 2.45) is 11.1 Å². The van der Waals surface area contributed by atoms with E-state index in [2.05, 4.69) is 0 Å². The highest BCUT2D eigenvalue weighted by molar-refractivity contribution is 6.30. The van der Waals surface area contributed by atoms with Crippen LogP contribution in [0.3, 0.4) is 0 Å². The predicted octanol–water partition coefficient (Wildman–Crippen LogP) is 2.51. The van der Waals surface area contributed by atoms with Crippen LogP contribution in [0.25, 0.3) is 0 Å². The SMILES string of the molecule is COc1ccc(Cl)cc1C(N)C1(CO)CCC1. The molecule has 0 bridgehead atoms. The summed E-state index contributed by atoms with van der Waals surface area (Å²) in [7, 11) is 1.62. The molecule has 1 unspecified atom stereocenters. The van der Waals surface area contributed by atoms with Crippen molar-refractivity contribution >= 4 is 11.6 Å². The van der Waals surface area contributed by atoms with Gasteiger partial charge in [-0.15, -0.1) is 0 Å². The lowest BCUT2D eigenvalue weighted by Crippen LogP contribution is -2.43. The second-order valence-corrected chi connectivity index (χ2v) is 5.17. The highest BCUT2D eigenvalue weighted by Crippen LogP contribution is 2.50. The molecule has 1 aromatic rings. The first-order chi connectivity index (χ1) is 8.13. The van der Waals surface area contributed by atoms with Crippen LogP contribution in [0.15, 0.2) is 18.2 Å². The zero-order valence-electron chi connectivity index (χ0n) is 9.95. The molecule has 1 saturated carbocycles. The predicted molar refractivity (Wildman–Crippen MR) is 68.3 cm³/mol. The van der Waals surface area contributed by atoms with Gasteiger partial charge in [0.1, 0.15) is 5.75 Å². The Morgan fingerprint density at radius 1 is 1.53 bits per heavy atom. The van der Waals surface area contributed by atoms with Gasteiger partial charge in [-0.2, -0.15) is 0 Å². The van der Waals surface area contributed by atoms with E-state index in [0.717, 1.165) is 30.6 Å². The molecular formula is C13H18ClNO2. The van der Waals surface area contributed by atoms with Gasteiger partial charge >= 0.3 is 0 Å². The highest BCUT2D eigenvalue weighted by Gasteiger charge is 2.43. The first-order valence-electron chi connectivity index (χ1n) is 5.83. The zero-order chi connectivity index (χ0) is 12.5. The first-order valence-corrected chi connectivity index (χ1v) is 6.20. The van der Waals surface area contributed by atoms with Crippen LogP contribution in [0.5, 0.6) is 5.75 Å². The molecule has 17 heavy (non-hydrogen) atoms. The van der Waals surface area contributed by atoms with Gasteiger partial charge in [-0.1, -0.05) is 18.0 Å². The van der Waals surface area contributed by atoms with Crippen LogP contribution in [0, 0.1) is 5.41 Å². The maximum atomic E-state index is 9.55. The average Bonchev–Trinajstić information content (AvgIpc) is 2.28. The van der Waals surface area contributed by atoms with Crippen LogP contribution in [0.2, 0.25) is 5.02 Å². The summed E-state index contributed by atoms with van der Waals surface area (Å²) in [5, 5.41) is 10.2. The van der Waals surface area contributed by atoms with Gasteiger partial charge < -0.3 is 15.6 Å². The topological polar surface area (TPSA) is 55.5 Å². The molecule has 0 heterocycles. The number of nitrogens with two attached hydrogens (primary N) is 1. The number of hydrogen-bond acceptors (Lipinski definition) is 3. The van der Waals surface area contributed by atoms with Gasteiger partial charge in [0.15, 0.2) is 0 Å². The fourth-order valence-corrected chi connectivity index (χ4v) is 2.66. The number of aliphatic hydroxyl groups is 1. The summed E-state index contributed by atoms with van der Waals surface area (Å²) >= 11 is 6.00. The van der Waals surface area contributed by atoms with Gasteiger partial charge in [-0.3, -0.25) is 0 Å². The number of methoxy groups -OCH3 is 1. The smallest absolute Gasteiger partial charge is 0.123 e. The lowest BCUT2D eigenvalue weighted by Gasteiger charge is -2.45. The third-order valence-corrected chi connectivity index (χ3v) is 4.09. The Bertz CT molecular complexity index is 399. The van der Waals surface area contributed by atoms with E-state index < -0.39 is 0 Å². The minimum atomic E-state index is -0.227. The third-order valence-electron chi connectivity index (χ3n) is 3.85. The van der Waals surface area contributed by atoms with Gasteiger partial charge in [-0.05, 0) is 31.0 Å². The first kappa shape index (κ1) is 12.7. The number of halogens is 1. The van der Waals surface area contributed by atoms with E-state index >= 15 is 0 Å². The van der Waals surface area contributed by atoms with E-state index in [1.54, 1.807) is 13.2 Å². The summed E-state index contributed by atoms with van der Waals surface area (Å²) in [4.78, 5) is 0. The molecule has 2 rings (SSSR count). The maximum absolute atomic E-state index is 9.55. The zero-order valence-corrected chi connectivity index (χ0v) is 10.7. The normalized spacial score (nSPS) is 19.5. The van der Waals surface area contributed by atoms with E-state index in [0.29, 0.717) is 5.02 Å². The van der Waals surface area contributed by atoms with E-state index in [9.17, 15) is 5.11 Å². The standard InChI is InChI=1S/C13H18ClNO2/c1-17-11-4-3-9(14)7-10(11)12(15)13(8-16)5-2-6-13/h3-4,7,12,16H,2,5-6,8,15H2,1H3. The molecule has 4 heteroatoms. The fraction of sp³-hybridized carbons (Fsp3) is 0.538. The Kier molecular flexibility index (Phi) is 3.61. The van der Waals surface area contributed by atoms with Crippen molar-refractivity contribution in [1.82, 2.24) is 0 Å². The molecule has 0 spiro atoms. The van der Waals surface area contributed by atoms with Gasteiger partial charge in [0.25, 0.3) is 0 Å². The molecule has 1 atom stereocenters. The molecule has 0 aromatic heterocycles. The molecule has 0 aliphatic heterocycles. The van der Waals surface area contributed by atoms with Crippen LogP contribution < -0.4 is 10.5 Å². The second-order valence-electron chi connectivity index (χ2n) is 4.74. The molecule has 1 fully saturated rings. The molecule has 1 aliphatic rings. The van der Waals surface area contributed by atoms with Crippen molar-refractivity contribution in [3.8, 4) is 5.75 Å². The van der Waals surface area contributed by atoms with Crippen molar-refractivity contribution in [2.45, 2.75) is 25.3 Å². The number of aliphatic hydroxyl groups excluding tert-OH is 1. The Morgan fingerprint density at radius 2 is 2.24 bits per heavy atom. The van der Waals surface area contributed by atoms with Crippen molar-refractivity contribution in [1.29, 1.82) is 0 Å². The number of rotatable bonds is 4. The van der Waals surface area contributed by atoms with E-state index in [1.807, 2.05) is 12.1 Å². The molecule has 3 N–H and O–H groups in total. The Hall–Kier alpha value is -0.770. The third kappa shape index (κ3) is 2.15. The van der Waals surface area contributed by atoms with Gasteiger partial charge in [-0.25, -0.2) is 0 Å². The number of hydrogen-bond donors (Lipinski definition) is 2. The van der Waals surface area contributed by atoms with Crippen molar-refractivity contribution in [2.75, 3.05) is 13.7 Å². The van der Waals surface area contributed by atoms with Crippen molar-refractivity contribution < 1.29 is 9.84 Å². The van der Waals surface area contributed by atoms with Crippen LogP contribution in [-0.4, -0.2) is 18.8 Å². The van der Waals surface area contributed by atoms with Crippen LogP contribution in [-0.2, 0) is 0 Å². The lowest BCUT2D eigenvalue weighted by atomic mass is 9.63. The van der Waals surface area contributed by atoms with Gasteiger partial charge in [0, 0.05) is 22.0 Å². The van der Waals surface area contributed by atoms with Crippen LogP contribution >= 0.6 is 11.6 Å². The van der Waals surface area contributed by atoms with Gasteiger partial charge in [0.05, 0.1) is 13.7 Å². The second kappa shape index (κ2) is 4.84. The highest BCUT2D eigenvalue weighted by atomic mass is 35.5. The van der Waals surface area contributed by atoms with E-state index in [1.165, 1.54) is 0 Å². The molecule has 0 radical (unpaired) electrons. The van der Waals surface area contributed by atoms with Crippen LogP contribution in [0.4, 0.5) is 0 Å². The minimum Gasteiger partial charge on any atom is -0.496 e. The quantitative estimate of drug-likeness (QED) is 0.869. The minimum absolute atomic E-state index is 0.115. The Labute approximate surface area is 107 Å². The number of ether oxygens (including phenoxy) is 1. The number of benzene rings is 1. The van der Waals surface area contributed by atoms with E-state index in [-0.39, 0.29) is 18.1 Å². The fourth-order valence-electron chi connectivity index (χ4n) is 2.48. The Morgan fingerprint density at radius 3 is 2.71 bits per heavy atom. The average molecular weight is 256 g/mol. The molecule has 1 aliphatic carbocycles. The summed E-state index contributed by atoms with van der Waals surface area (Å²) in [6, 6.07) is 5.21. The molecule has 94 valence electrons. The lowest BCUT2D eigenvalue weighted by molar-refractivity contribution is 0.0177. The summed E-state index contributed by atoms with van der Waals surface area (Å²) in [6.07, 6.45) is 3.04. The summed E-state index contributed by atoms with van der Waals surface area (Å²) < 4.78 is 5.31. The molecular weight excluding hydrogens is 238 g/mol. The molecule has 1 aromatic carbocycles. The largest absolute Gasteiger partial charge is 0.496 e. The maximum Gasteiger partial charge on any atom is 0.123 e. The van der Waals surface area contributed by atoms with Crippen LogP contribution in [0.1, 0.15) is 30.9 Å².